The van der Waals surface area contributed by atoms with E-state index in [1.807, 2.05) is 13.0 Å². The molecule has 1 fully saturated rings. The van der Waals surface area contributed by atoms with Gasteiger partial charge in [0.05, 0.1) is 5.54 Å². The van der Waals surface area contributed by atoms with Crippen molar-refractivity contribution in [1.82, 2.24) is 4.98 Å². The predicted octanol–water partition coefficient (Wildman–Crippen LogP) is 0.769. The zero-order chi connectivity index (χ0) is 12.9. The summed E-state index contributed by atoms with van der Waals surface area (Å²) < 4.78 is 0. The molecule has 1 aromatic heterocycles. The summed E-state index contributed by atoms with van der Waals surface area (Å²) in [6.07, 6.45) is 4.68. The number of nitrogens with one attached hydrogen (secondary N) is 1. The van der Waals surface area contributed by atoms with Crippen LogP contribution < -0.4 is 17.0 Å². The topological polar surface area (TPSA) is 84.9 Å². The Morgan fingerprint density at radius 2 is 2.28 bits per heavy atom. The van der Waals surface area contributed by atoms with E-state index in [2.05, 4.69) is 11.1 Å². The lowest BCUT2D eigenvalue weighted by Crippen LogP contribution is -2.54. The highest BCUT2D eigenvalue weighted by molar-refractivity contribution is 5.45. The molecule has 0 spiro atoms. The molecule has 0 unspecified atom stereocenters. The van der Waals surface area contributed by atoms with Gasteiger partial charge in [-0.15, -0.1) is 0 Å². The molecule has 96 valence electrons. The number of hydrogen-bond acceptors (Lipinski definition) is 3. The van der Waals surface area contributed by atoms with Gasteiger partial charge in [0, 0.05) is 17.8 Å². The van der Waals surface area contributed by atoms with Crippen molar-refractivity contribution < 1.29 is 0 Å². The minimum atomic E-state index is -0.491. The number of pyridine rings is 1. The maximum atomic E-state index is 11.4. The summed E-state index contributed by atoms with van der Waals surface area (Å²) in [5, 5.41) is 0. The number of aromatic amines is 1. The van der Waals surface area contributed by atoms with Crippen LogP contribution >= 0.6 is 0 Å². The normalized spacial score (nSPS) is 36.5. The molecule has 0 saturated heterocycles. The van der Waals surface area contributed by atoms with Crippen molar-refractivity contribution in [3.05, 3.63) is 45.4 Å². The molecule has 3 atom stereocenters. The van der Waals surface area contributed by atoms with Crippen molar-refractivity contribution >= 4 is 0 Å². The lowest BCUT2D eigenvalue weighted by atomic mass is 9.61. The number of H-pyrrole nitrogens is 1. The summed E-state index contributed by atoms with van der Waals surface area (Å²) in [5.74, 6) is 0.370. The Bertz CT molecular complexity index is 575. The van der Waals surface area contributed by atoms with Gasteiger partial charge in [-0.3, -0.25) is 4.79 Å². The molecule has 4 heteroatoms. The Balaban J connectivity index is 2.23. The van der Waals surface area contributed by atoms with Crippen LogP contribution in [0, 0.1) is 5.92 Å². The van der Waals surface area contributed by atoms with E-state index in [0.29, 0.717) is 5.92 Å². The Morgan fingerprint density at radius 1 is 1.50 bits per heavy atom. The summed E-state index contributed by atoms with van der Waals surface area (Å²) in [6.45, 7) is 2.04. The van der Waals surface area contributed by atoms with Crippen molar-refractivity contribution in [2.75, 3.05) is 0 Å². The van der Waals surface area contributed by atoms with E-state index in [1.54, 1.807) is 6.07 Å². The Labute approximate surface area is 106 Å². The maximum absolute atomic E-state index is 11.4. The van der Waals surface area contributed by atoms with Gasteiger partial charge in [0.2, 0.25) is 5.56 Å². The number of aromatic nitrogens is 1. The van der Waals surface area contributed by atoms with Gasteiger partial charge in [-0.2, -0.15) is 0 Å². The molecule has 2 aliphatic carbocycles. The predicted molar refractivity (Wildman–Crippen MR) is 71.1 cm³/mol. The van der Waals surface area contributed by atoms with Crippen LogP contribution in [-0.4, -0.2) is 11.0 Å². The lowest BCUT2D eigenvalue weighted by Gasteiger charge is -2.48. The average molecular weight is 245 g/mol. The van der Waals surface area contributed by atoms with Crippen molar-refractivity contribution in [1.29, 1.82) is 0 Å². The van der Waals surface area contributed by atoms with Gasteiger partial charge in [0.1, 0.15) is 0 Å². The van der Waals surface area contributed by atoms with Crippen LogP contribution in [0.15, 0.2) is 28.6 Å². The SMILES string of the molecule is CC=C1[C@@H]2Cc3[nH]c(=O)ccc3[C@@]1(N)C[C@@H](N)C2. The Kier molecular flexibility index (Phi) is 2.47. The van der Waals surface area contributed by atoms with Crippen LogP contribution in [-0.2, 0) is 12.0 Å². The van der Waals surface area contributed by atoms with Crippen LogP contribution in [0.25, 0.3) is 0 Å². The Hall–Kier alpha value is -1.39. The van der Waals surface area contributed by atoms with Crippen LogP contribution in [0.1, 0.15) is 31.0 Å². The third-order valence-corrected chi connectivity index (χ3v) is 4.37. The fraction of sp³-hybridized carbons (Fsp3) is 0.500. The van der Waals surface area contributed by atoms with Gasteiger partial charge in [0.15, 0.2) is 0 Å². The minimum absolute atomic E-state index is 0.0522. The van der Waals surface area contributed by atoms with Gasteiger partial charge in [-0.05, 0) is 49.3 Å². The second-order valence-corrected chi connectivity index (χ2v) is 5.53. The summed E-state index contributed by atoms with van der Waals surface area (Å²) in [6, 6.07) is 3.57. The first kappa shape index (κ1) is 11.7. The quantitative estimate of drug-likeness (QED) is 0.590. The summed E-state index contributed by atoms with van der Waals surface area (Å²) >= 11 is 0. The third-order valence-electron chi connectivity index (χ3n) is 4.37. The molecular weight excluding hydrogens is 226 g/mol. The minimum Gasteiger partial charge on any atom is -0.328 e. The number of fused-ring (bicyclic) bond motifs is 4. The average Bonchev–Trinajstić information content (AvgIpc) is 2.26. The molecular formula is C14H19N3O. The molecule has 0 aromatic carbocycles. The molecule has 2 bridgehead atoms. The van der Waals surface area contributed by atoms with E-state index in [0.717, 1.165) is 30.5 Å². The van der Waals surface area contributed by atoms with Crippen LogP contribution in [0.2, 0.25) is 0 Å². The van der Waals surface area contributed by atoms with E-state index < -0.39 is 5.54 Å². The number of allylic oxidation sites excluding steroid dienone is 1. The first-order chi connectivity index (χ1) is 8.54. The molecule has 1 heterocycles. The highest BCUT2D eigenvalue weighted by Gasteiger charge is 2.46. The third kappa shape index (κ3) is 1.49. The van der Waals surface area contributed by atoms with Gasteiger partial charge < -0.3 is 16.5 Å². The highest BCUT2D eigenvalue weighted by atomic mass is 16.1. The van der Waals surface area contributed by atoms with Gasteiger partial charge in [0.25, 0.3) is 0 Å². The van der Waals surface area contributed by atoms with Gasteiger partial charge in [-0.25, -0.2) is 0 Å². The molecule has 0 aliphatic heterocycles. The molecule has 0 amide bonds. The molecule has 3 rings (SSSR count). The van der Waals surface area contributed by atoms with Crippen LogP contribution in [0.5, 0.6) is 0 Å². The first-order valence-electron chi connectivity index (χ1n) is 6.48. The van der Waals surface area contributed by atoms with E-state index in [9.17, 15) is 4.79 Å². The Morgan fingerprint density at radius 3 is 3.00 bits per heavy atom. The zero-order valence-corrected chi connectivity index (χ0v) is 10.6. The smallest absolute Gasteiger partial charge is 0.248 e. The first-order valence-corrected chi connectivity index (χ1v) is 6.48. The highest BCUT2D eigenvalue weighted by Crippen LogP contribution is 2.47. The van der Waals surface area contributed by atoms with Gasteiger partial charge in [-0.1, -0.05) is 6.08 Å². The van der Waals surface area contributed by atoms with E-state index >= 15 is 0 Å². The largest absolute Gasteiger partial charge is 0.328 e. The zero-order valence-electron chi connectivity index (χ0n) is 10.6. The summed E-state index contributed by atoms with van der Waals surface area (Å²) in [4.78, 5) is 14.4. The van der Waals surface area contributed by atoms with Crippen molar-refractivity contribution in [3.63, 3.8) is 0 Å². The van der Waals surface area contributed by atoms with Crippen LogP contribution in [0.4, 0.5) is 0 Å². The fourth-order valence-electron chi connectivity index (χ4n) is 3.77. The monoisotopic (exact) mass is 245 g/mol. The molecule has 2 aliphatic rings. The molecule has 5 N–H and O–H groups in total. The van der Waals surface area contributed by atoms with Crippen molar-refractivity contribution in [2.45, 2.75) is 37.8 Å². The second-order valence-electron chi connectivity index (χ2n) is 5.53. The summed E-state index contributed by atoms with van der Waals surface area (Å²) in [5.41, 5.74) is 15.5. The standard InChI is InChI=1S/C14H19N3O/c1-2-10-8-5-9(15)7-14(10,16)11-3-4-13(18)17-12(11)6-8/h2-4,8-9H,5-7,15-16H2,1H3,(H,17,18)/t8-,9-,14+/m0/s1. The molecule has 1 saturated carbocycles. The maximum Gasteiger partial charge on any atom is 0.248 e. The van der Waals surface area contributed by atoms with E-state index in [1.165, 1.54) is 5.57 Å². The van der Waals surface area contributed by atoms with Crippen molar-refractivity contribution in [2.24, 2.45) is 17.4 Å². The molecule has 4 nitrogen and oxygen atoms in total. The second kappa shape index (κ2) is 3.80. The molecule has 18 heavy (non-hydrogen) atoms. The molecule has 1 aromatic rings. The number of hydrogen-bond donors (Lipinski definition) is 3. The number of rotatable bonds is 0. The van der Waals surface area contributed by atoms with Crippen LogP contribution in [0.3, 0.4) is 0 Å². The van der Waals surface area contributed by atoms with Crippen molar-refractivity contribution in [3.8, 4) is 0 Å². The molecule has 0 radical (unpaired) electrons. The lowest BCUT2D eigenvalue weighted by molar-refractivity contribution is 0.266. The number of nitrogens with two attached hydrogens (primary N) is 2. The fourth-order valence-corrected chi connectivity index (χ4v) is 3.77. The van der Waals surface area contributed by atoms with E-state index in [-0.39, 0.29) is 11.6 Å². The van der Waals surface area contributed by atoms with E-state index in [4.69, 9.17) is 11.5 Å². The van der Waals surface area contributed by atoms with Gasteiger partial charge >= 0.3 is 0 Å². The summed E-state index contributed by atoms with van der Waals surface area (Å²) in [7, 11) is 0.